The van der Waals surface area contributed by atoms with Crippen molar-refractivity contribution in [3.63, 3.8) is 0 Å². The number of thiazole rings is 1. The summed E-state index contributed by atoms with van der Waals surface area (Å²) in [4.78, 5) is 20.9. The zero-order valence-electron chi connectivity index (χ0n) is 10.6. The van der Waals surface area contributed by atoms with Gasteiger partial charge in [0.1, 0.15) is 0 Å². The summed E-state index contributed by atoms with van der Waals surface area (Å²) in [6, 6.07) is 0.553. The largest absolute Gasteiger partial charge is 0.348 e. The van der Waals surface area contributed by atoms with Crippen molar-refractivity contribution in [2.45, 2.75) is 25.8 Å². The van der Waals surface area contributed by atoms with Gasteiger partial charge >= 0.3 is 0 Å². The lowest BCUT2D eigenvalue weighted by molar-refractivity contribution is 0.102. The highest BCUT2D eigenvalue weighted by molar-refractivity contribution is 7.17. The second-order valence-corrected chi connectivity index (χ2v) is 5.72. The van der Waals surface area contributed by atoms with Gasteiger partial charge in [-0.15, -0.1) is 0 Å². The van der Waals surface area contributed by atoms with E-state index in [1.165, 1.54) is 24.2 Å². The van der Waals surface area contributed by atoms with Gasteiger partial charge in [-0.25, -0.2) is 4.98 Å². The number of nitrogens with zero attached hydrogens (tertiary/aromatic N) is 3. The van der Waals surface area contributed by atoms with Gasteiger partial charge < -0.3 is 9.80 Å². The Morgan fingerprint density at radius 3 is 2.71 bits per heavy atom. The Bertz CT molecular complexity index is 396. The fraction of sp³-hybridized carbons (Fsp3) is 0.667. The maximum atomic E-state index is 11.2. The van der Waals surface area contributed by atoms with E-state index in [-0.39, 0.29) is 5.78 Å². The molecule has 1 fully saturated rings. The van der Waals surface area contributed by atoms with Gasteiger partial charge in [0.15, 0.2) is 10.9 Å². The molecule has 1 aromatic heterocycles. The van der Waals surface area contributed by atoms with Crippen LogP contribution in [0.3, 0.4) is 0 Å². The Labute approximate surface area is 106 Å². The number of piperidine rings is 1. The van der Waals surface area contributed by atoms with Crippen LogP contribution in [-0.2, 0) is 0 Å². The summed E-state index contributed by atoms with van der Waals surface area (Å²) in [6.07, 6.45) is 4.03. The molecule has 1 aromatic rings. The quantitative estimate of drug-likeness (QED) is 0.771. The minimum absolute atomic E-state index is 0.102. The summed E-state index contributed by atoms with van der Waals surface area (Å²) < 4.78 is 0. The zero-order valence-corrected chi connectivity index (χ0v) is 11.5. The first-order valence-corrected chi connectivity index (χ1v) is 6.77. The standard InChI is InChI=1S/C12H19N3OS/c1-9(16)11-8-13-12(17-11)15(3)10-4-6-14(2)7-5-10/h8,10H,4-7H2,1-3H3. The van der Waals surface area contributed by atoms with Crippen LogP contribution in [0, 0.1) is 0 Å². The second kappa shape index (κ2) is 5.14. The Morgan fingerprint density at radius 1 is 1.53 bits per heavy atom. The van der Waals surface area contributed by atoms with Crippen LogP contribution in [0.15, 0.2) is 6.20 Å². The first-order valence-electron chi connectivity index (χ1n) is 5.96. The van der Waals surface area contributed by atoms with E-state index in [0.29, 0.717) is 6.04 Å². The van der Waals surface area contributed by atoms with Crippen LogP contribution in [0.4, 0.5) is 5.13 Å². The summed E-state index contributed by atoms with van der Waals surface area (Å²) in [5.41, 5.74) is 0. The average Bonchev–Trinajstić information content (AvgIpc) is 2.78. The molecule has 5 heteroatoms. The second-order valence-electron chi connectivity index (χ2n) is 4.71. The van der Waals surface area contributed by atoms with E-state index in [0.717, 1.165) is 23.1 Å². The molecular formula is C12H19N3OS. The van der Waals surface area contributed by atoms with Gasteiger partial charge in [-0.2, -0.15) is 0 Å². The first-order chi connectivity index (χ1) is 8.08. The number of rotatable bonds is 3. The third kappa shape index (κ3) is 2.84. The van der Waals surface area contributed by atoms with E-state index in [9.17, 15) is 4.79 Å². The Kier molecular flexibility index (Phi) is 3.79. The molecule has 0 spiro atoms. The zero-order chi connectivity index (χ0) is 12.4. The molecule has 0 unspecified atom stereocenters. The molecule has 94 valence electrons. The van der Waals surface area contributed by atoms with Gasteiger partial charge in [-0.3, -0.25) is 4.79 Å². The number of hydrogen-bond donors (Lipinski definition) is 0. The lowest BCUT2D eigenvalue weighted by Crippen LogP contribution is -2.41. The number of carbonyl (C=O) groups excluding carboxylic acids is 1. The Hall–Kier alpha value is -0.940. The fourth-order valence-corrected chi connectivity index (χ4v) is 2.97. The van der Waals surface area contributed by atoms with Crippen LogP contribution in [0.5, 0.6) is 0 Å². The summed E-state index contributed by atoms with van der Waals surface area (Å²) in [7, 11) is 4.24. The van der Waals surface area contributed by atoms with Gasteiger partial charge in [-0.05, 0) is 33.0 Å². The molecule has 0 atom stereocenters. The van der Waals surface area contributed by atoms with Crippen molar-refractivity contribution in [3.8, 4) is 0 Å². The molecule has 2 heterocycles. The van der Waals surface area contributed by atoms with Crippen LogP contribution in [0.2, 0.25) is 0 Å². The van der Waals surface area contributed by atoms with Crippen LogP contribution >= 0.6 is 11.3 Å². The lowest BCUT2D eigenvalue weighted by Gasteiger charge is -2.34. The number of likely N-dealkylation sites (tertiary alicyclic amines) is 1. The van der Waals surface area contributed by atoms with Crippen molar-refractivity contribution < 1.29 is 4.79 Å². The highest BCUT2D eigenvalue weighted by Crippen LogP contribution is 2.26. The van der Waals surface area contributed by atoms with Crippen molar-refractivity contribution in [1.29, 1.82) is 0 Å². The van der Waals surface area contributed by atoms with Crippen LogP contribution in [0.1, 0.15) is 29.4 Å². The summed E-state index contributed by atoms with van der Waals surface area (Å²) >= 11 is 1.50. The van der Waals surface area contributed by atoms with Crippen LogP contribution in [-0.4, -0.2) is 48.9 Å². The first kappa shape index (κ1) is 12.5. The van der Waals surface area contributed by atoms with Crippen molar-refractivity contribution in [3.05, 3.63) is 11.1 Å². The van der Waals surface area contributed by atoms with E-state index in [2.05, 4.69) is 28.9 Å². The summed E-state index contributed by atoms with van der Waals surface area (Å²) in [5.74, 6) is 0.102. The molecule has 1 saturated heterocycles. The van der Waals surface area contributed by atoms with Gasteiger partial charge in [0.05, 0.1) is 11.1 Å². The number of hydrogen-bond acceptors (Lipinski definition) is 5. The molecule has 4 nitrogen and oxygen atoms in total. The topological polar surface area (TPSA) is 36.4 Å². The van der Waals surface area contributed by atoms with E-state index in [1.807, 2.05) is 0 Å². The molecule has 1 aliphatic rings. The maximum absolute atomic E-state index is 11.2. The molecule has 2 rings (SSSR count). The molecule has 0 bridgehead atoms. The van der Waals surface area contributed by atoms with Crippen LogP contribution < -0.4 is 4.90 Å². The van der Waals surface area contributed by atoms with Crippen molar-refractivity contribution in [2.75, 3.05) is 32.1 Å². The molecule has 0 aliphatic carbocycles. The normalized spacial score (nSPS) is 18.3. The van der Waals surface area contributed by atoms with E-state index in [1.54, 1.807) is 13.1 Å². The van der Waals surface area contributed by atoms with Crippen molar-refractivity contribution in [2.24, 2.45) is 0 Å². The highest BCUT2D eigenvalue weighted by atomic mass is 32.1. The van der Waals surface area contributed by atoms with Crippen molar-refractivity contribution >= 4 is 22.3 Å². The predicted molar refractivity (Wildman–Crippen MR) is 71.0 cm³/mol. The fourth-order valence-electron chi connectivity index (χ4n) is 2.13. The highest BCUT2D eigenvalue weighted by Gasteiger charge is 2.22. The summed E-state index contributed by atoms with van der Waals surface area (Å²) in [5, 5.41) is 0.963. The SMILES string of the molecule is CC(=O)c1cnc(N(C)C2CCN(C)CC2)s1. The Balaban J connectivity index is 2.03. The number of carbonyl (C=O) groups is 1. The minimum atomic E-state index is 0.102. The maximum Gasteiger partial charge on any atom is 0.185 e. The number of anilines is 1. The van der Waals surface area contributed by atoms with Crippen molar-refractivity contribution in [1.82, 2.24) is 9.88 Å². The molecule has 0 N–H and O–H groups in total. The minimum Gasteiger partial charge on any atom is -0.348 e. The Morgan fingerprint density at radius 2 is 2.18 bits per heavy atom. The van der Waals surface area contributed by atoms with Crippen LogP contribution in [0.25, 0.3) is 0 Å². The van der Waals surface area contributed by atoms with E-state index >= 15 is 0 Å². The smallest absolute Gasteiger partial charge is 0.185 e. The monoisotopic (exact) mass is 253 g/mol. The number of aromatic nitrogens is 1. The molecule has 0 amide bonds. The molecular weight excluding hydrogens is 234 g/mol. The molecule has 0 saturated carbocycles. The molecule has 0 aromatic carbocycles. The number of ketones is 1. The summed E-state index contributed by atoms with van der Waals surface area (Å²) in [6.45, 7) is 3.87. The molecule has 0 radical (unpaired) electrons. The number of Topliss-reactive ketones (excluding diaryl/α,β-unsaturated/α-hetero) is 1. The average molecular weight is 253 g/mol. The van der Waals surface area contributed by atoms with Gasteiger partial charge in [0.25, 0.3) is 0 Å². The third-order valence-electron chi connectivity index (χ3n) is 3.38. The third-order valence-corrected chi connectivity index (χ3v) is 4.57. The molecule has 1 aliphatic heterocycles. The van der Waals surface area contributed by atoms with Gasteiger partial charge in [0, 0.05) is 20.0 Å². The van der Waals surface area contributed by atoms with E-state index in [4.69, 9.17) is 0 Å². The molecule has 17 heavy (non-hydrogen) atoms. The van der Waals surface area contributed by atoms with Gasteiger partial charge in [0.2, 0.25) is 0 Å². The van der Waals surface area contributed by atoms with E-state index < -0.39 is 0 Å². The lowest BCUT2D eigenvalue weighted by atomic mass is 10.0. The predicted octanol–water partition coefficient (Wildman–Crippen LogP) is 1.88. The van der Waals surface area contributed by atoms with Gasteiger partial charge in [-0.1, -0.05) is 11.3 Å².